The van der Waals surface area contributed by atoms with E-state index in [-0.39, 0.29) is 28.9 Å². The van der Waals surface area contributed by atoms with Crippen LogP contribution in [0, 0.1) is 12.7 Å². The van der Waals surface area contributed by atoms with E-state index in [1.54, 1.807) is 19.1 Å². The molecule has 0 bridgehead atoms. The fraction of sp³-hybridized carbons (Fsp3) is 0.522. The normalized spacial score (nSPS) is 17.2. The number of nitrogens with one attached hydrogen (secondary N) is 4. The summed E-state index contributed by atoms with van der Waals surface area (Å²) in [6.07, 6.45) is 6.66. The number of halogens is 1. The van der Waals surface area contributed by atoms with Crippen molar-refractivity contribution in [3.63, 3.8) is 0 Å². The van der Waals surface area contributed by atoms with E-state index in [1.165, 1.54) is 31.8 Å². The molecule has 1 saturated heterocycles. The van der Waals surface area contributed by atoms with E-state index in [4.69, 9.17) is 0 Å². The Morgan fingerprint density at radius 1 is 1.12 bits per heavy atom. The molecule has 0 radical (unpaired) electrons. The van der Waals surface area contributed by atoms with Crippen LogP contribution < -0.4 is 16.0 Å². The highest BCUT2D eigenvalue weighted by Gasteiger charge is 2.22. The molecule has 32 heavy (non-hydrogen) atoms. The Morgan fingerprint density at radius 3 is 2.47 bits per heavy atom. The molecule has 4 rings (SSSR count). The molecule has 2 amide bonds. The van der Waals surface area contributed by atoms with Crippen LogP contribution in [0.25, 0.3) is 0 Å². The van der Waals surface area contributed by atoms with Gasteiger partial charge in [0.15, 0.2) is 0 Å². The van der Waals surface area contributed by atoms with Crippen LogP contribution in [-0.2, 0) is 0 Å². The molecule has 2 aromatic rings. The second-order valence-electron chi connectivity index (χ2n) is 8.41. The predicted octanol–water partition coefficient (Wildman–Crippen LogP) is 2.69. The van der Waals surface area contributed by atoms with Crippen molar-refractivity contribution in [2.45, 2.75) is 45.1 Å². The van der Waals surface area contributed by atoms with Gasteiger partial charge in [-0.15, -0.1) is 0 Å². The number of anilines is 1. The lowest BCUT2D eigenvalue weighted by Crippen LogP contribution is -2.40. The van der Waals surface area contributed by atoms with Gasteiger partial charge in [-0.2, -0.15) is 5.10 Å². The molecule has 2 aliphatic rings. The van der Waals surface area contributed by atoms with E-state index < -0.39 is 11.7 Å². The largest absolute Gasteiger partial charge is 0.348 e. The maximum absolute atomic E-state index is 13.9. The van der Waals surface area contributed by atoms with Crippen LogP contribution in [0.4, 0.5) is 10.1 Å². The van der Waals surface area contributed by atoms with E-state index >= 15 is 0 Å². The number of carbonyl (C=O) groups is 2. The second kappa shape index (κ2) is 11.7. The monoisotopic (exact) mass is 444 g/mol. The molecule has 8 nitrogen and oxygen atoms in total. The highest BCUT2D eigenvalue weighted by molar-refractivity contribution is 6.09. The van der Waals surface area contributed by atoms with Crippen LogP contribution >= 0.6 is 0 Å². The zero-order valence-electron chi connectivity index (χ0n) is 18.8. The van der Waals surface area contributed by atoms with E-state index in [0.29, 0.717) is 5.56 Å². The van der Waals surface area contributed by atoms with Crippen LogP contribution in [0.5, 0.6) is 0 Å². The van der Waals surface area contributed by atoms with Crippen molar-refractivity contribution in [3.8, 4) is 0 Å². The van der Waals surface area contributed by atoms with Crippen LogP contribution in [-0.4, -0.2) is 66.2 Å². The van der Waals surface area contributed by atoms with Crippen molar-refractivity contribution in [1.29, 1.82) is 0 Å². The minimum atomic E-state index is -0.608. The highest BCUT2D eigenvalue weighted by atomic mass is 19.1. The maximum Gasteiger partial charge on any atom is 0.271 e. The lowest BCUT2D eigenvalue weighted by molar-refractivity contribution is 0.0923. The van der Waals surface area contributed by atoms with Crippen LogP contribution in [0.3, 0.4) is 0 Å². The van der Waals surface area contributed by atoms with Gasteiger partial charge in [-0.25, -0.2) is 4.39 Å². The van der Waals surface area contributed by atoms with Crippen molar-refractivity contribution < 1.29 is 14.0 Å². The number of aromatic nitrogens is 2. The second-order valence-corrected chi connectivity index (χ2v) is 8.41. The SMILES string of the molecule is CN1CCNCC1.Cc1cccc(F)c1C(=O)Nc1cn[nH]c1C(=O)NC1CCCCC1. The first kappa shape index (κ1) is 23.9. The van der Waals surface area contributed by atoms with Crippen LogP contribution in [0.15, 0.2) is 24.4 Å². The van der Waals surface area contributed by atoms with Gasteiger partial charge in [0.1, 0.15) is 11.5 Å². The third-order valence-electron chi connectivity index (χ3n) is 5.84. The van der Waals surface area contributed by atoms with Crippen molar-refractivity contribution in [1.82, 2.24) is 25.7 Å². The molecule has 1 aliphatic carbocycles. The van der Waals surface area contributed by atoms with Crippen molar-refractivity contribution in [3.05, 3.63) is 47.0 Å². The number of likely N-dealkylation sites (N-methyl/N-ethyl adjacent to an activating group) is 1. The summed E-state index contributed by atoms with van der Waals surface area (Å²) in [4.78, 5) is 27.2. The Kier molecular flexibility index (Phi) is 8.75. The van der Waals surface area contributed by atoms with Gasteiger partial charge in [-0.3, -0.25) is 14.7 Å². The van der Waals surface area contributed by atoms with Gasteiger partial charge in [0.05, 0.1) is 17.4 Å². The fourth-order valence-corrected chi connectivity index (χ4v) is 3.94. The van der Waals surface area contributed by atoms with Gasteiger partial charge < -0.3 is 20.9 Å². The molecular weight excluding hydrogens is 411 g/mol. The molecule has 0 spiro atoms. The molecule has 0 atom stereocenters. The van der Waals surface area contributed by atoms with Crippen molar-refractivity contribution in [2.24, 2.45) is 0 Å². The minimum absolute atomic E-state index is 0.0395. The van der Waals surface area contributed by atoms with Crippen molar-refractivity contribution in [2.75, 3.05) is 38.5 Å². The van der Waals surface area contributed by atoms with Crippen LogP contribution in [0.1, 0.15) is 58.5 Å². The predicted molar refractivity (Wildman–Crippen MR) is 122 cm³/mol. The molecular formula is C23H33FN6O2. The van der Waals surface area contributed by atoms with Gasteiger partial charge in [-0.05, 0) is 38.4 Å². The fourth-order valence-electron chi connectivity index (χ4n) is 3.94. The van der Waals surface area contributed by atoms with Crippen LogP contribution in [0.2, 0.25) is 0 Å². The number of carbonyl (C=O) groups excluding carboxylic acids is 2. The summed E-state index contributed by atoms with van der Waals surface area (Å²) < 4.78 is 13.9. The lowest BCUT2D eigenvalue weighted by atomic mass is 9.95. The summed E-state index contributed by atoms with van der Waals surface area (Å²) >= 11 is 0. The molecule has 4 N–H and O–H groups in total. The highest BCUT2D eigenvalue weighted by Crippen LogP contribution is 2.20. The molecule has 1 aromatic carbocycles. The van der Waals surface area contributed by atoms with Gasteiger partial charge >= 0.3 is 0 Å². The van der Waals surface area contributed by atoms with Crippen molar-refractivity contribution >= 4 is 17.5 Å². The summed E-state index contributed by atoms with van der Waals surface area (Å²) in [5.74, 6) is -1.53. The lowest BCUT2D eigenvalue weighted by Gasteiger charge is -2.22. The molecule has 1 saturated carbocycles. The quantitative estimate of drug-likeness (QED) is 0.581. The molecule has 174 valence electrons. The topological polar surface area (TPSA) is 102 Å². The number of H-pyrrole nitrogens is 1. The standard InChI is InChI=1S/C18H21FN4O2.C5H12N2/c1-11-6-5-9-13(19)15(11)17(24)22-14-10-20-23-16(14)18(25)21-12-7-3-2-4-8-12;1-7-4-2-6-3-5-7/h5-6,9-10,12H,2-4,7-8H2,1H3,(H,20,23)(H,21,25)(H,22,24);6H,2-5H2,1H3. The number of nitrogens with zero attached hydrogens (tertiary/aromatic N) is 2. The molecule has 1 aromatic heterocycles. The summed E-state index contributed by atoms with van der Waals surface area (Å²) in [6, 6.07) is 4.57. The average molecular weight is 445 g/mol. The molecule has 0 unspecified atom stereocenters. The van der Waals surface area contributed by atoms with Gasteiger partial charge in [0.2, 0.25) is 0 Å². The van der Waals surface area contributed by atoms with E-state index in [2.05, 4.69) is 38.1 Å². The first-order valence-electron chi connectivity index (χ1n) is 11.3. The van der Waals surface area contributed by atoms with Gasteiger partial charge in [-0.1, -0.05) is 31.4 Å². The summed E-state index contributed by atoms with van der Waals surface area (Å²) in [5, 5.41) is 15.3. The Labute approximate surface area is 188 Å². The Balaban J connectivity index is 0.000000352. The Morgan fingerprint density at radius 2 is 1.84 bits per heavy atom. The summed E-state index contributed by atoms with van der Waals surface area (Å²) in [7, 11) is 2.15. The van der Waals surface area contributed by atoms with E-state index in [9.17, 15) is 14.0 Å². The molecule has 2 heterocycles. The zero-order chi connectivity index (χ0) is 22.9. The smallest absolute Gasteiger partial charge is 0.271 e. The number of aromatic amines is 1. The first-order chi connectivity index (χ1) is 15.5. The number of hydrogen-bond donors (Lipinski definition) is 4. The number of amides is 2. The zero-order valence-corrected chi connectivity index (χ0v) is 18.8. The van der Waals surface area contributed by atoms with E-state index in [0.717, 1.165) is 38.8 Å². The number of rotatable bonds is 4. The number of hydrogen-bond acceptors (Lipinski definition) is 5. The number of piperazine rings is 1. The van der Waals surface area contributed by atoms with Gasteiger partial charge in [0, 0.05) is 32.2 Å². The Hall–Kier alpha value is -2.78. The minimum Gasteiger partial charge on any atom is -0.348 e. The first-order valence-corrected chi connectivity index (χ1v) is 11.3. The number of benzene rings is 1. The number of aryl methyl sites for hydroxylation is 1. The summed E-state index contributed by atoms with van der Waals surface area (Å²) in [5.41, 5.74) is 0.894. The Bertz CT molecular complexity index is 883. The van der Waals surface area contributed by atoms with Gasteiger partial charge in [0.25, 0.3) is 11.8 Å². The molecule has 2 fully saturated rings. The molecule has 1 aliphatic heterocycles. The average Bonchev–Trinajstić information content (AvgIpc) is 3.23. The van der Waals surface area contributed by atoms with E-state index in [1.807, 2.05) is 0 Å². The summed E-state index contributed by atoms with van der Waals surface area (Å²) in [6.45, 7) is 6.40. The third-order valence-corrected chi connectivity index (χ3v) is 5.84. The maximum atomic E-state index is 13.9. The molecule has 9 heteroatoms. The third kappa shape index (κ3) is 6.61.